The molecule has 2 nitrogen and oxygen atoms in total. The molecule has 1 aliphatic carbocycles. The van der Waals surface area contributed by atoms with Crippen molar-refractivity contribution in [3.63, 3.8) is 0 Å². The van der Waals surface area contributed by atoms with Crippen molar-refractivity contribution >= 4 is 11.6 Å². The summed E-state index contributed by atoms with van der Waals surface area (Å²) in [5, 5.41) is 2.66. The van der Waals surface area contributed by atoms with Crippen molar-refractivity contribution in [2.24, 2.45) is 5.18 Å². The summed E-state index contributed by atoms with van der Waals surface area (Å²) < 4.78 is 0. The molecular formula is C5H6ClNO. The second-order valence-electron chi connectivity index (χ2n) is 1.78. The number of alkyl halides is 1. The first kappa shape index (κ1) is 5.76. The summed E-state index contributed by atoms with van der Waals surface area (Å²) in [7, 11) is 0. The number of hydrogen-bond donors (Lipinski definition) is 0. The van der Waals surface area contributed by atoms with Gasteiger partial charge in [-0.2, -0.15) is 4.91 Å². The van der Waals surface area contributed by atoms with Crippen LogP contribution < -0.4 is 0 Å². The van der Waals surface area contributed by atoms with Gasteiger partial charge in [0.2, 0.25) is 0 Å². The number of nitrogens with zero attached hydrogens (tertiary/aromatic N) is 1. The third kappa shape index (κ3) is 0.892. The average molecular weight is 132 g/mol. The number of halogens is 1. The fourth-order valence-electron chi connectivity index (χ4n) is 0.707. The van der Waals surface area contributed by atoms with Gasteiger partial charge in [-0.1, -0.05) is 17.3 Å². The van der Waals surface area contributed by atoms with E-state index in [0.717, 1.165) is 0 Å². The van der Waals surface area contributed by atoms with Crippen molar-refractivity contribution in [2.45, 2.75) is 17.8 Å². The molecule has 0 aliphatic heterocycles. The van der Waals surface area contributed by atoms with Gasteiger partial charge in [0, 0.05) is 0 Å². The lowest BCUT2D eigenvalue weighted by atomic mass is 10.2. The van der Waals surface area contributed by atoms with Crippen LogP contribution >= 0.6 is 11.6 Å². The minimum absolute atomic E-state index is 0.160. The Morgan fingerprint density at radius 2 is 2.50 bits per heavy atom. The van der Waals surface area contributed by atoms with Gasteiger partial charge in [-0.05, 0) is 6.42 Å². The number of hydrogen-bond acceptors (Lipinski definition) is 2. The number of rotatable bonds is 1. The summed E-state index contributed by atoms with van der Waals surface area (Å²) in [6, 6.07) is -0.211. The fourth-order valence-corrected chi connectivity index (χ4v) is 0.959. The molecule has 8 heavy (non-hydrogen) atoms. The highest BCUT2D eigenvalue weighted by Gasteiger charge is 2.20. The fraction of sp³-hybridized carbons (Fsp3) is 0.600. The summed E-state index contributed by atoms with van der Waals surface area (Å²) in [4.78, 5) is 9.84. The number of nitroso groups, excluding NO2 is 1. The van der Waals surface area contributed by atoms with Gasteiger partial charge in [0.15, 0.2) is 0 Å². The van der Waals surface area contributed by atoms with E-state index in [-0.39, 0.29) is 11.4 Å². The highest BCUT2D eigenvalue weighted by molar-refractivity contribution is 6.22. The summed E-state index contributed by atoms with van der Waals surface area (Å²) in [5.74, 6) is 0. The highest BCUT2D eigenvalue weighted by Crippen LogP contribution is 2.18. The van der Waals surface area contributed by atoms with E-state index in [1.807, 2.05) is 6.08 Å². The van der Waals surface area contributed by atoms with Gasteiger partial charge in [-0.15, -0.1) is 11.6 Å². The van der Waals surface area contributed by atoms with E-state index in [1.165, 1.54) is 0 Å². The van der Waals surface area contributed by atoms with Crippen molar-refractivity contribution < 1.29 is 0 Å². The molecule has 0 fully saturated rings. The van der Waals surface area contributed by atoms with E-state index >= 15 is 0 Å². The SMILES string of the molecule is O=N[C@@H]1CC=C[C@H]1Cl. The molecule has 0 aromatic heterocycles. The molecule has 0 aromatic rings. The monoisotopic (exact) mass is 131 g/mol. The van der Waals surface area contributed by atoms with E-state index in [0.29, 0.717) is 6.42 Å². The molecule has 0 saturated carbocycles. The van der Waals surface area contributed by atoms with Crippen LogP contribution in [0.15, 0.2) is 17.3 Å². The van der Waals surface area contributed by atoms with Crippen LogP contribution in [0.25, 0.3) is 0 Å². The highest BCUT2D eigenvalue weighted by atomic mass is 35.5. The van der Waals surface area contributed by atoms with Gasteiger partial charge in [0.05, 0.1) is 5.38 Å². The molecule has 0 unspecified atom stereocenters. The van der Waals surface area contributed by atoms with Crippen LogP contribution in [0.5, 0.6) is 0 Å². The van der Waals surface area contributed by atoms with Crippen LogP contribution in [0, 0.1) is 4.91 Å². The van der Waals surface area contributed by atoms with Gasteiger partial charge >= 0.3 is 0 Å². The quantitative estimate of drug-likeness (QED) is 0.303. The lowest BCUT2D eigenvalue weighted by Crippen LogP contribution is -2.09. The molecule has 0 spiro atoms. The summed E-state index contributed by atoms with van der Waals surface area (Å²) >= 11 is 5.60. The van der Waals surface area contributed by atoms with E-state index in [9.17, 15) is 4.91 Å². The Hall–Kier alpha value is -0.370. The molecular weight excluding hydrogens is 126 g/mol. The molecule has 0 heterocycles. The largest absolute Gasteiger partial charge is 0.150 e. The third-order valence-electron chi connectivity index (χ3n) is 1.20. The topological polar surface area (TPSA) is 29.4 Å². The Labute approximate surface area is 52.5 Å². The van der Waals surface area contributed by atoms with Crippen LogP contribution in [0.3, 0.4) is 0 Å². The Kier molecular flexibility index (Phi) is 1.63. The first-order valence-electron chi connectivity index (χ1n) is 2.48. The van der Waals surface area contributed by atoms with Crippen LogP contribution in [0.2, 0.25) is 0 Å². The van der Waals surface area contributed by atoms with Crippen LogP contribution in [-0.4, -0.2) is 11.4 Å². The lowest BCUT2D eigenvalue weighted by molar-refractivity contribution is 0.734. The molecule has 2 atom stereocenters. The van der Waals surface area contributed by atoms with Crippen molar-refractivity contribution in [1.29, 1.82) is 0 Å². The summed E-state index contributed by atoms with van der Waals surface area (Å²) in [6.07, 6.45) is 4.38. The van der Waals surface area contributed by atoms with E-state index in [4.69, 9.17) is 11.6 Å². The minimum atomic E-state index is -0.211. The second-order valence-corrected chi connectivity index (χ2v) is 2.28. The predicted octanol–water partition coefficient (Wildman–Crippen LogP) is 1.69. The van der Waals surface area contributed by atoms with E-state index in [1.54, 1.807) is 6.08 Å². The van der Waals surface area contributed by atoms with Gasteiger partial charge in [-0.3, -0.25) is 0 Å². The lowest BCUT2D eigenvalue weighted by Gasteiger charge is -1.99. The zero-order valence-electron chi connectivity index (χ0n) is 4.25. The van der Waals surface area contributed by atoms with Crippen LogP contribution in [0.1, 0.15) is 6.42 Å². The molecule has 44 valence electrons. The van der Waals surface area contributed by atoms with Gasteiger partial charge in [-0.25, -0.2) is 0 Å². The first-order valence-corrected chi connectivity index (χ1v) is 2.91. The van der Waals surface area contributed by atoms with E-state index < -0.39 is 0 Å². The Balaban J connectivity index is 2.50. The van der Waals surface area contributed by atoms with Gasteiger partial charge in [0.1, 0.15) is 6.04 Å². The standard InChI is InChI=1S/C5H6ClNO/c6-4-2-1-3-5(4)7-8/h1-2,4-5H,3H2/t4-,5-/m1/s1. The van der Waals surface area contributed by atoms with Crippen molar-refractivity contribution in [1.82, 2.24) is 0 Å². The predicted molar refractivity (Wildman–Crippen MR) is 33.0 cm³/mol. The molecule has 0 aromatic carbocycles. The Morgan fingerprint density at radius 1 is 1.75 bits per heavy atom. The molecule has 0 radical (unpaired) electrons. The Bertz CT molecular complexity index is 124. The molecule has 1 aliphatic rings. The van der Waals surface area contributed by atoms with E-state index in [2.05, 4.69) is 5.18 Å². The molecule has 0 saturated heterocycles. The third-order valence-corrected chi connectivity index (χ3v) is 1.64. The molecule has 0 amide bonds. The molecule has 0 bridgehead atoms. The van der Waals surface area contributed by atoms with Crippen LogP contribution in [0.4, 0.5) is 0 Å². The maximum Gasteiger partial charge on any atom is 0.115 e. The molecule has 3 heteroatoms. The maximum atomic E-state index is 9.84. The second kappa shape index (κ2) is 2.27. The Morgan fingerprint density at radius 3 is 2.75 bits per heavy atom. The van der Waals surface area contributed by atoms with Crippen molar-refractivity contribution in [2.75, 3.05) is 0 Å². The van der Waals surface area contributed by atoms with Gasteiger partial charge in [0.25, 0.3) is 0 Å². The normalized spacial score (nSPS) is 35.6. The summed E-state index contributed by atoms with van der Waals surface area (Å²) in [5.41, 5.74) is 0. The maximum absolute atomic E-state index is 9.84. The zero-order chi connectivity index (χ0) is 5.98. The first-order chi connectivity index (χ1) is 3.84. The molecule has 1 rings (SSSR count). The van der Waals surface area contributed by atoms with Crippen molar-refractivity contribution in [3.05, 3.63) is 17.1 Å². The average Bonchev–Trinajstić information content (AvgIpc) is 2.14. The smallest absolute Gasteiger partial charge is 0.115 e. The zero-order valence-corrected chi connectivity index (χ0v) is 5.01. The summed E-state index contributed by atoms with van der Waals surface area (Å²) in [6.45, 7) is 0. The van der Waals surface area contributed by atoms with Gasteiger partial charge < -0.3 is 0 Å². The van der Waals surface area contributed by atoms with Crippen molar-refractivity contribution in [3.8, 4) is 0 Å². The minimum Gasteiger partial charge on any atom is -0.150 e. The molecule has 0 N–H and O–H groups in total. The van der Waals surface area contributed by atoms with Crippen LogP contribution in [-0.2, 0) is 0 Å².